The maximum absolute atomic E-state index is 6.15. The molecule has 2 unspecified atom stereocenters. The quantitative estimate of drug-likeness (QED) is 0.877. The third-order valence-electron chi connectivity index (χ3n) is 3.33. The van der Waals surface area contributed by atoms with Crippen molar-refractivity contribution in [3.63, 3.8) is 0 Å². The van der Waals surface area contributed by atoms with Crippen molar-refractivity contribution in [1.82, 2.24) is 9.78 Å². The number of benzene rings is 1. The highest BCUT2D eigenvalue weighted by atomic mass is 16.5. The lowest BCUT2D eigenvalue weighted by atomic mass is 10.0. The molecule has 0 radical (unpaired) electrons. The van der Waals surface area contributed by atoms with Gasteiger partial charge in [0.25, 0.3) is 0 Å². The summed E-state index contributed by atoms with van der Waals surface area (Å²) in [6, 6.07) is 8.33. The molecule has 0 aliphatic carbocycles. The summed E-state index contributed by atoms with van der Waals surface area (Å²) in [7, 11) is 3.68. The topological polar surface area (TPSA) is 53.1 Å². The van der Waals surface area contributed by atoms with Gasteiger partial charge in [-0.2, -0.15) is 5.10 Å². The number of para-hydroxylation sites is 1. The highest BCUT2D eigenvalue weighted by molar-refractivity contribution is 5.81. The molecule has 4 nitrogen and oxygen atoms in total. The van der Waals surface area contributed by atoms with Gasteiger partial charge in [-0.1, -0.05) is 18.2 Å². The van der Waals surface area contributed by atoms with Gasteiger partial charge in [0.1, 0.15) is 0 Å². The predicted molar refractivity (Wildman–Crippen MR) is 73.5 cm³/mol. The van der Waals surface area contributed by atoms with Gasteiger partial charge < -0.3 is 10.5 Å². The molecular formula is C14H21N3O. The minimum Gasteiger partial charge on any atom is -0.382 e. The number of rotatable bonds is 5. The Bertz CT molecular complexity index is 521. The number of fused-ring (bicyclic) bond motifs is 1. The second kappa shape index (κ2) is 5.50. The number of aromatic nitrogens is 2. The van der Waals surface area contributed by atoms with Crippen LogP contribution in [0.3, 0.4) is 0 Å². The van der Waals surface area contributed by atoms with Crippen LogP contribution in [0.5, 0.6) is 0 Å². The summed E-state index contributed by atoms with van der Waals surface area (Å²) < 4.78 is 7.16. The van der Waals surface area contributed by atoms with Crippen molar-refractivity contribution in [2.45, 2.75) is 31.9 Å². The molecule has 2 atom stereocenters. The zero-order valence-corrected chi connectivity index (χ0v) is 11.3. The van der Waals surface area contributed by atoms with Crippen molar-refractivity contribution in [1.29, 1.82) is 0 Å². The van der Waals surface area contributed by atoms with Gasteiger partial charge in [0.2, 0.25) is 0 Å². The molecule has 1 aromatic carbocycles. The highest BCUT2D eigenvalue weighted by Crippen LogP contribution is 2.19. The third kappa shape index (κ3) is 2.71. The first-order valence-electron chi connectivity index (χ1n) is 6.30. The molecule has 2 aromatic rings. The van der Waals surface area contributed by atoms with Crippen LogP contribution >= 0.6 is 0 Å². The summed E-state index contributed by atoms with van der Waals surface area (Å²) in [4.78, 5) is 0. The predicted octanol–water partition coefficient (Wildman–Crippen LogP) is 1.87. The fourth-order valence-corrected chi connectivity index (χ4v) is 2.29. The Balaban J connectivity index is 2.17. The zero-order chi connectivity index (χ0) is 13.1. The lowest BCUT2D eigenvalue weighted by molar-refractivity contribution is 0.104. The van der Waals surface area contributed by atoms with Gasteiger partial charge in [-0.25, -0.2) is 0 Å². The van der Waals surface area contributed by atoms with Crippen molar-refractivity contribution < 1.29 is 4.74 Å². The molecule has 1 aromatic heterocycles. The molecule has 0 aliphatic rings. The van der Waals surface area contributed by atoms with Crippen LogP contribution in [0.4, 0.5) is 0 Å². The van der Waals surface area contributed by atoms with Crippen molar-refractivity contribution in [3.05, 3.63) is 30.0 Å². The molecule has 2 rings (SSSR count). The van der Waals surface area contributed by atoms with Gasteiger partial charge in [-0.15, -0.1) is 0 Å². The second-order valence-electron chi connectivity index (χ2n) is 4.83. The zero-order valence-electron chi connectivity index (χ0n) is 11.3. The average Bonchev–Trinajstić information content (AvgIpc) is 2.67. The van der Waals surface area contributed by atoms with Crippen molar-refractivity contribution in [3.8, 4) is 0 Å². The minimum absolute atomic E-state index is 0.0817. The van der Waals surface area contributed by atoms with Crippen LogP contribution in [0.1, 0.15) is 19.0 Å². The average molecular weight is 247 g/mol. The largest absolute Gasteiger partial charge is 0.382 e. The maximum atomic E-state index is 6.15. The Morgan fingerprint density at radius 1 is 1.39 bits per heavy atom. The van der Waals surface area contributed by atoms with Crippen LogP contribution in [0.2, 0.25) is 0 Å². The van der Waals surface area contributed by atoms with Crippen LogP contribution in [0, 0.1) is 0 Å². The number of ether oxygens (including phenoxy) is 1. The third-order valence-corrected chi connectivity index (χ3v) is 3.33. The van der Waals surface area contributed by atoms with Gasteiger partial charge in [0.15, 0.2) is 0 Å². The smallest absolute Gasteiger partial charge is 0.0718 e. The molecule has 0 amide bonds. The van der Waals surface area contributed by atoms with Gasteiger partial charge in [-0.3, -0.25) is 4.68 Å². The summed E-state index contributed by atoms with van der Waals surface area (Å²) in [5.41, 5.74) is 8.38. The van der Waals surface area contributed by atoms with E-state index in [-0.39, 0.29) is 12.1 Å². The van der Waals surface area contributed by atoms with Crippen LogP contribution in [0.25, 0.3) is 10.9 Å². The first kappa shape index (κ1) is 13.1. The van der Waals surface area contributed by atoms with E-state index < -0.39 is 0 Å². The van der Waals surface area contributed by atoms with E-state index in [1.807, 2.05) is 30.8 Å². The second-order valence-corrected chi connectivity index (χ2v) is 4.83. The van der Waals surface area contributed by atoms with E-state index in [0.29, 0.717) is 0 Å². The monoisotopic (exact) mass is 247 g/mol. The molecule has 4 heteroatoms. The molecule has 1 heterocycles. The Kier molecular flexibility index (Phi) is 3.99. The summed E-state index contributed by atoms with van der Waals surface area (Å²) >= 11 is 0. The molecule has 0 fully saturated rings. The normalized spacial score (nSPS) is 14.9. The molecule has 98 valence electrons. The van der Waals surface area contributed by atoms with E-state index >= 15 is 0 Å². The fourth-order valence-electron chi connectivity index (χ4n) is 2.29. The number of hydrogen-bond donors (Lipinski definition) is 1. The van der Waals surface area contributed by atoms with Gasteiger partial charge in [0, 0.05) is 32.0 Å². The van der Waals surface area contributed by atoms with Gasteiger partial charge >= 0.3 is 0 Å². The highest BCUT2D eigenvalue weighted by Gasteiger charge is 2.14. The van der Waals surface area contributed by atoms with Crippen LogP contribution < -0.4 is 5.73 Å². The summed E-state index contributed by atoms with van der Waals surface area (Å²) in [6.07, 6.45) is 1.83. The van der Waals surface area contributed by atoms with E-state index in [0.717, 1.165) is 24.1 Å². The van der Waals surface area contributed by atoms with Crippen molar-refractivity contribution in [2.24, 2.45) is 12.8 Å². The van der Waals surface area contributed by atoms with E-state index in [1.54, 1.807) is 7.11 Å². The van der Waals surface area contributed by atoms with Gasteiger partial charge in [-0.05, 0) is 19.4 Å². The van der Waals surface area contributed by atoms with Crippen molar-refractivity contribution in [2.75, 3.05) is 7.11 Å². The molecule has 18 heavy (non-hydrogen) atoms. The number of nitrogens with zero attached hydrogens (tertiary/aromatic N) is 2. The lowest BCUT2D eigenvalue weighted by Gasteiger charge is -2.15. The molecule has 0 saturated heterocycles. The van der Waals surface area contributed by atoms with Crippen LogP contribution in [-0.4, -0.2) is 29.0 Å². The fraction of sp³-hybridized carbons (Fsp3) is 0.500. The molecule has 2 N–H and O–H groups in total. The van der Waals surface area contributed by atoms with E-state index in [4.69, 9.17) is 10.5 Å². The number of methoxy groups -OCH3 is 1. The first-order chi connectivity index (χ1) is 8.61. The van der Waals surface area contributed by atoms with Crippen LogP contribution in [0.15, 0.2) is 24.3 Å². The molecule has 0 bridgehead atoms. The summed E-state index contributed by atoms with van der Waals surface area (Å²) in [6.45, 7) is 2.04. The van der Waals surface area contributed by atoms with E-state index in [1.165, 1.54) is 5.39 Å². The summed E-state index contributed by atoms with van der Waals surface area (Å²) in [5, 5.41) is 5.75. The minimum atomic E-state index is 0.0817. The molecular weight excluding hydrogens is 226 g/mol. The summed E-state index contributed by atoms with van der Waals surface area (Å²) in [5.74, 6) is 0. The Labute approximate surface area is 108 Å². The van der Waals surface area contributed by atoms with E-state index in [2.05, 4.69) is 17.2 Å². The first-order valence-corrected chi connectivity index (χ1v) is 6.30. The lowest BCUT2D eigenvalue weighted by Crippen LogP contribution is -2.28. The number of aryl methyl sites for hydroxylation is 1. The number of nitrogens with two attached hydrogens (primary N) is 1. The van der Waals surface area contributed by atoms with Gasteiger partial charge in [0.05, 0.1) is 17.3 Å². The molecule has 0 saturated carbocycles. The SMILES string of the molecule is COC(C)CC(N)Cc1nn(C)c2ccccc12. The maximum Gasteiger partial charge on any atom is 0.0718 e. The van der Waals surface area contributed by atoms with E-state index in [9.17, 15) is 0 Å². The Morgan fingerprint density at radius 3 is 2.83 bits per heavy atom. The molecule has 0 aliphatic heterocycles. The standard InChI is InChI=1S/C14H21N3O/c1-10(18-3)8-11(15)9-13-12-6-4-5-7-14(12)17(2)16-13/h4-7,10-11H,8-9,15H2,1-3H3. The van der Waals surface area contributed by atoms with Crippen molar-refractivity contribution >= 4 is 10.9 Å². The van der Waals surface area contributed by atoms with Crippen LogP contribution in [-0.2, 0) is 18.2 Å². The number of hydrogen-bond acceptors (Lipinski definition) is 3. The Hall–Kier alpha value is -1.39. The molecule has 0 spiro atoms. The Morgan fingerprint density at radius 2 is 2.11 bits per heavy atom.